The van der Waals surface area contributed by atoms with E-state index in [2.05, 4.69) is 20.6 Å². The fourth-order valence-corrected chi connectivity index (χ4v) is 2.41. The van der Waals surface area contributed by atoms with Crippen LogP contribution in [0.1, 0.15) is 23.1 Å². The monoisotopic (exact) mass is 324 g/mol. The van der Waals surface area contributed by atoms with Crippen molar-refractivity contribution < 1.29 is 4.79 Å². The lowest BCUT2D eigenvalue weighted by atomic mass is 10.2. The molecule has 0 fully saturated rings. The van der Waals surface area contributed by atoms with Gasteiger partial charge in [0.1, 0.15) is 0 Å². The Morgan fingerprint density at radius 3 is 3.00 bits per heavy atom. The van der Waals surface area contributed by atoms with Crippen molar-refractivity contribution in [2.45, 2.75) is 13.8 Å². The number of nitrogens with two attached hydrogens (primary N) is 1. The number of hydrogen-bond donors (Lipinski definition) is 2. The molecule has 2 heterocycles. The molecule has 1 amide bonds. The number of carbonyl (C=O) groups excluding carboxylic acids is 1. The van der Waals surface area contributed by atoms with Crippen molar-refractivity contribution in [1.82, 2.24) is 25.3 Å². The quantitative estimate of drug-likeness (QED) is 0.740. The molecule has 7 nitrogen and oxygen atoms in total. The van der Waals surface area contributed by atoms with Crippen molar-refractivity contribution >= 4 is 16.8 Å². The standard InChI is InChI=1S/C17H20N6O/c1-11(9-18)10-20-17(24)16-12(2)23(22-21-16)14-5-6-15-13(8-14)4-3-7-19-15/h3-8,11H,9-10,18H2,1-2H3,(H,20,24). The van der Waals surface area contributed by atoms with Crippen molar-refractivity contribution in [3.63, 3.8) is 0 Å². The van der Waals surface area contributed by atoms with Crippen LogP contribution in [-0.2, 0) is 0 Å². The summed E-state index contributed by atoms with van der Waals surface area (Å²) in [6, 6.07) is 9.68. The fraction of sp³-hybridized carbons (Fsp3) is 0.294. The number of fused-ring (bicyclic) bond motifs is 1. The number of nitrogens with zero attached hydrogens (tertiary/aromatic N) is 4. The Labute approximate surface area is 139 Å². The second-order valence-corrected chi connectivity index (χ2v) is 5.87. The largest absolute Gasteiger partial charge is 0.350 e. The molecule has 1 unspecified atom stereocenters. The van der Waals surface area contributed by atoms with Crippen molar-refractivity contribution in [2.75, 3.05) is 13.1 Å². The topological polar surface area (TPSA) is 98.7 Å². The van der Waals surface area contributed by atoms with Gasteiger partial charge in [0.15, 0.2) is 5.69 Å². The zero-order chi connectivity index (χ0) is 17.1. The Morgan fingerprint density at radius 2 is 2.21 bits per heavy atom. The van der Waals surface area contributed by atoms with Gasteiger partial charge in [-0.2, -0.15) is 0 Å². The molecule has 7 heteroatoms. The van der Waals surface area contributed by atoms with Crippen LogP contribution in [0.5, 0.6) is 0 Å². The third-order valence-electron chi connectivity index (χ3n) is 3.95. The van der Waals surface area contributed by atoms with E-state index in [9.17, 15) is 4.79 Å². The summed E-state index contributed by atoms with van der Waals surface area (Å²) in [5.74, 6) is -0.0150. The molecule has 0 radical (unpaired) electrons. The number of hydrogen-bond acceptors (Lipinski definition) is 5. The molecule has 0 bridgehead atoms. The first kappa shape index (κ1) is 16.1. The maximum Gasteiger partial charge on any atom is 0.273 e. The lowest BCUT2D eigenvalue weighted by molar-refractivity contribution is 0.0943. The first-order valence-corrected chi connectivity index (χ1v) is 7.86. The van der Waals surface area contributed by atoms with Crippen LogP contribution in [0.15, 0.2) is 36.5 Å². The molecule has 24 heavy (non-hydrogen) atoms. The molecular weight excluding hydrogens is 304 g/mol. The predicted molar refractivity (Wildman–Crippen MR) is 91.9 cm³/mol. The van der Waals surface area contributed by atoms with Gasteiger partial charge in [-0.1, -0.05) is 18.2 Å². The summed E-state index contributed by atoms with van der Waals surface area (Å²) in [5.41, 5.74) is 8.33. The SMILES string of the molecule is Cc1c(C(=O)NCC(C)CN)nnn1-c1ccc2ncccc2c1. The molecule has 3 N–H and O–H groups in total. The number of pyridine rings is 1. The highest BCUT2D eigenvalue weighted by Gasteiger charge is 2.17. The van der Waals surface area contributed by atoms with Crippen molar-refractivity contribution in [2.24, 2.45) is 11.7 Å². The smallest absolute Gasteiger partial charge is 0.273 e. The fourth-order valence-electron chi connectivity index (χ4n) is 2.41. The van der Waals surface area contributed by atoms with Crippen LogP contribution >= 0.6 is 0 Å². The number of amides is 1. The minimum atomic E-state index is -0.235. The molecule has 0 aliphatic heterocycles. The normalized spacial score (nSPS) is 12.3. The van der Waals surface area contributed by atoms with Crippen LogP contribution in [0, 0.1) is 12.8 Å². The van der Waals surface area contributed by atoms with Gasteiger partial charge in [-0.25, -0.2) is 4.68 Å². The lowest BCUT2D eigenvalue weighted by Gasteiger charge is -2.09. The van der Waals surface area contributed by atoms with E-state index in [1.807, 2.05) is 44.2 Å². The Morgan fingerprint density at radius 1 is 1.38 bits per heavy atom. The molecule has 2 aromatic heterocycles. The Balaban J connectivity index is 1.87. The van der Waals surface area contributed by atoms with Crippen molar-refractivity contribution in [3.8, 4) is 5.69 Å². The summed E-state index contributed by atoms with van der Waals surface area (Å²) in [6.07, 6.45) is 1.76. The second-order valence-electron chi connectivity index (χ2n) is 5.87. The van der Waals surface area contributed by atoms with E-state index in [1.54, 1.807) is 10.9 Å². The molecule has 1 aromatic carbocycles. The molecule has 0 aliphatic rings. The van der Waals surface area contributed by atoms with Crippen LogP contribution in [0.25, 0.3) is 16.6 Å². The highest BCUT2D eigenvalue weighted by Crippen LogP contribution is 2.18. The number of rotatable bonds is 5. The summed E-state index contributed by atoms with van der Waals surface area (Å²) in [4.78, 5) is 16.6. The van der Waals surface area contributed by atoms with E-state index in [-0.39, 0.29) is 11.8 Å². The molecule has 3 aromatic rings. The van der Waals surface area contributed by atoms with Gasteiger partial charge in [0.25, 0.3) is 5.91 Å². The van der Waals surface area contributed by atoms with E-state index in [0.29, 0.717) is 24.5 Å². The van der Waals surface area contributed by atoms with Gasteiger partial charge in [-0.05, 0) is 43.7 Å². The van der Waals surface area contributed by atoms with Crippen LogP contribution in [0.3, 0.4) is 0 Å². The van der Waals surface area contributed by atoms with Gasteiger partial charge >= 0.3 is 0 Å². The molecule has 1 atom stereocenters. The highest BCUT2D eigenvalue weighted by atomic mass is 16.2. The maximum absolute atomic E-state index is 12.3. The van der Waals surface area contributed by atoms with E-state index in [4.69, 9.17) is 5.73 Å². The van der Waals surface area contributed by atoms with Gasteiger partial charge in [0, 0.05) is 18.1 Å². The van der Waals surface area contributed by atoms with Crippen LogP contribution < -0.4 is 11.1 Å². The van der Waals surface area contributed by atoms with Gasteiger partial charge < -0.3 is 11.1 Å². The van der Waals surface area contributed by atoms with Gasteiger partial charge in [0.05, 0.1) is 16.9 Å². The Kier molecular flexibility index (Phi) is 4.52. The van der Waals surface area contributed by atoms with E-state index < -0.39 is 0 Å². The summed E-state index contributed by atoms with van der Waals surface area (Å²) in [6.45, 7) is 4.85. The van der Waals surface area contributed by atoms with Crippen molar-refractivity contribution in [1.29, 1.82) is 0 Å². The molecule has 0 spiro atoms. The predicted octanol–water partition coefficient (Wildman–Crippen LogP) is 1.45. The van der Waals surface area contributed by atoms with E-state index in [0.717, 1.165) is 16.6 Å². The molecule has 0 aliphatic carbocycles. The first-order valence-electron chi connectivity index (χ1n) is 7.86. The third kappa shape index (κ3) is 3.11. The molecule has 0 saturated heterocycles. The summed E-state index contributed by atoms with van der Waals surface area (Å²) in [5, 5.41) is 12.0. The van der Waals surface area contributed by atoms with Gasteiger partial charge in [-0.3, -0.25) is 9.78 Å². The van der Waals surface area contributed by atoms with Crippen LogP contribution in [0.2, 0.25) is 0 Å². The third-order valence-corrected chi connectivity index (χ3v) is 3.95. The number of aromatic nitrogens is 4. The zero-order valence-corrected chi connectivity index (χ0v) is 13.7. The average Bonchev–Trinajstić information content (AvgIpc) is 3.00. The maximum atomic E-state index is 12.3. The summed E-state index contributed by atoms with van der Waals surface area (Å²) < 4.78 is 1.66. The van der Waals surface area contributed by atoms with E-state index >= 15 is 0 Å². The van der Waals surface area contributed by atoms with E-state index in [1.165, 1.54) is 0 Å². The number of carbonyl (C=O) groups is 1. The summed E-state index contributed by atoms with van der Waals surface area (Å²) in [7, 11) is 0. The Hall–Kier alpha value is -2.80. The Bertz CT molecular complexity index is 872. The second kappa shape index (κ2) is 6.76. The van der Waals surface area contributed by atoms with Gasteiger partial charge in [0.2, 0.25) is 0 Å². The first-order chi connectivity index (χ1) is 11.6. The van der Waals surface area contributed by atoms with Gasteiger partial charge in [-0.15, -0.1) is 5.10 Å². The molecular formula is C17H20N6O. The van der Waals surface area contributed by atoms with Crippen LogP contribution in [0.4, 0.5) is 0 Å². The number of benzene rings is 1. The lowest BCUT2D eigenvalue weighted by Crippen LogP contribution is -2.31. The average molecular weight is 324 g/mol. The zero-order valence-electron chi connectivity index (χ0n) is 13.7. The molecule has 124 valence electrons. The highest BCUT2D eigenvalue weighted by molar-refractivity contribution is 5.93. The minimum Gasteiger partial charge on any atom is -0.350 e. The van der Waals surface area contributed by atoms with Crippen LogP contribution in [-0.4, -0.2) is 39.0 Å². The minimum absolute atomic E-state index is 0.220. The molecule has 3 rings (SSSR count). The summed E-state index contributed by atoms with van der Waals surface area (Å²) >= 11 is 0. The molecule has 0 saturated carbocycles. The van der Waals surface area contributed by atoms with Crippen molar-refractivity contribution in [3.05, 3.63) is 47.9 Å². The number of nitrogens with one attached hydrogen (secondary N) is 1.